The van der Waals surface area contributed by atoms with Gasteiger partial charge in [-0.05, 0) is 40.4 Å². The van der Waals surface area contributed by atoms with Crippen LogP contribution in [0.1, 0.15) is 20.8 Å². The van der Waals surface area contributed by atoms with Crippen molar-refractivity contribution in [2.75, 3.05) is 0 Å². The highest BCUT2D eigenvalue weighted by Gasteiger charge is 2.32. The summed E-state index contributed by atoms with van der Waals surface area (Å²) in [5, 5.41) is 8.75. The average molecular weight is 185 g/mol. The van der Waals surface area contributed by atoms with Crippen LogP contribution >= 0.6 is 0 Å². The molecule has 0 spiro atoms. The topological polar surface area (TPSA) is 33.0 Å². The smallest absolute Gasteiger partial charge is 0.184 e. The second-order valence-corrected chi connectivity index (χ2v) is 9.10. The van der Waals surface area contributed by atoms with Crippen LogP contribution in [-0.2, 0) is 4.43 Å². The van der Waals surface area contributed by atoms with E-state index in [4.69, 9.17) is 9.69 Å². The molecule has 0 N–H and O–H groups in total. The van der Waals surface area contributed by atoms with Gasteiger partial charge < -0.3 is 4.43 Å². The fraction of sp³-hybridized carbons (Fsp3) is 0.889. The molecule has 70 valence electrons. The summed E-state index contributed by atoms with van der Waals surface area (Å²) in [6, 6.07) is 2.22. The molecule has 2 nitrogen and oxygen atoms in total. The van der Waals surface area contributed by atoms with Crippen molar-refractivity contribution >= 4 is 8.32 Å². The van der Waals surface area contributed by atoms with Crippen LogP contribution in [-0.4, -0.2) is 13.9 Å². The molecule has 0 aliphatic rings. The first-order valence-electron chi connectivity index (χ1n) is 4.29. The van der Waals surface area contributed by atoms with Crippen molar-refractivity contribution in [3.05, 3.63) is 0 Å². The van der Waals surface area contributed by atoms with Gasteiger partial charge in [-0.15, -0.1) is 0 Å². The summed E-state index contributed by atoms with van der Waals surface area (Å²) in [5.74, 6) is -0.0516. The predicted octanol–water partition coefficient (Wildman–Crippen LogP) is 2.78. The van der Waals surface area contributed by atoms with Gasteiger partial charge in [-0.2, -0.15) is 5.26 Å². The normalized spacial score (nSPS) is 15.4. The Morgan fingerprint density at radius 1 is 1.33 bits per heavy atom. The Kier molecular flexibility index (Phi) is 3.49. The van der Waals surface area contributed by atoms with Crippen LogP contribution in [0.3, 0.4) is 0 Å². The zero-order valence-corrected chi connectivity index (χ0v) is 9.93. The van der Waals surface area contributed by atoms with E-state index in [1.165, 1.54) is 0 Å². The van der Waals surface area contributed by atoms with E-state index in [1.807, 2.05) is 20.8 Å². The van der Waals surface area contributed by atoms with Crippen molar-refractivity contribution in [2.24, 2.45) is 5.92 Å². The van der Waals surface area contributed by atoms with E-state index in [2.05, 4.69) is 25.7 Å². The first-order chi connectivity index (χ1) is 5.19. The van der Waals surface area contributed by atoms with Gasteiger partial charge >= 0.3 is 0 Å². The van der Waals surface area contributed by atoms with Gasteiger partial charge in [0.25, 0.3) is 0 Å². The Hall–Kier alpha value is -0.333. The third-order valence-corrected chi connectivity index (χ3v) is 2.94. The minimum Gasteiger partial charge on any atom is -0.411 e. The van der Waals surface area contributed by atoms with E-state index in [-0.39, 0.29) is 11.5 Å². The second-order valence-electron chi connectivity index (χ2n) is 4.67. The molecule has 0 unspecified atom stereocenters. The number of nitriles is 1. The van der Waals surface area contributed by atoms with Gasteiger partial charge in [0, 0.05) is 0 Å². The maximum atomic E-state index is 8.75. The summed E-state index contributed by atoms with van der Waals surface area (Å²) >= 11 is 0. The van der Waals surface area contributed by atoms with E-state index in [9.17, 15) is 0 Å². The molecule has 12 heavy (non-hydrogen) atoms. The Morgan fingerprint density at radius 2 is 1.75 bits per heavy atom. The Bertz CT molecular complexity index is 188. The van der Waals surface area contributed by atoms with Crippen molar-refractivity contribution in [1.29, 1.82) is 5.26 Å². The summed E-state index contributed by atoms with van der Waals surface area (Å²) in [4.78, 5) is 0. The molecule has 0 aromatic heterocycles. The van der Waals surface area contributed by atoms with E-state index in [0.717, 1.165) is 0 Å². The van der Waals surface area contributed by atoms with Crippen molar-refractivity contribution < 1.29 is 4.43 Å². The van der Waals surface area contributed by atoms with E-state index in [1.54, 1.807) is 0 Å². The van der Waals surface area contributed by atoms with Gasteiger partial charge in [-0.3, -0.25) is 0 Å². The average Bonchev–Trinajstić information content (AvgIpc) is 1.80. The highest BCUT2D eigenvalue weighted by atomic mass is 28.4. The first kappa shape index (κ1) is 11.7. The molecular weight excluding hydrogens is 166 g/mol. The lowest BCUT2D eigenvalue weighted by atomic mass is 9.95. The second kappa shape index (κ2) is 3.59. The molecule has 0 amide bonds. The summed E-state index contributed by atoms with van der Waals surface area (Å²) < 4.78 is 5.89. The molecule has 0 heterocycles. The molecule has 0 rings (SSSR count). The molecule has 0 bridgehead atoms. The third-order valence-electron chi connectivity index (χ3n) is 1.81. The van der Waals surface area contributed by atoms with Gasteiger partial charge in [0.2, 0.25) is 0 Å². The van der Waals surface area contributed by atoms with E-state index >= 15 is 0 Å². The SMILES string of the molecule is C[C@@H](C#N)C(C)(C)O[Si](C)(C)C. The largest absolute Gasteiger partial charge is 0.411 e. The van der Waals surface area contributed by atoms with E-state index in [0.29, 0.717) is 0 Å². The summed E-state index contributed by atoms with van der Waals surface area (Å²) in [5.41, 5.74) is -0.306. The number of rotatable bonds is 3. The summed E-state index contributed by atoms with van der Waals surface area (Å²) in [7, 11) is -1.52. The third kappa shape index (κ3) is 3.89. The molecule has 0 saturated heterocycles. The van der Waals surface area contributed by atoms with Crippen molar-refractivity contribution in [3.8, 4) is 6.07 Å². The zero-order chi connectivity index (χ0) is 9.99. The minimum atomic E-state index is -1.52. The molecule has 0 aliphatic heterocycles. The Morgan fingerprint density at radius 3 is 2.00 bits per heavy atom. The van der Waals surface area contributed by atoms with Crippen molar-refractivity contribution in [1.82, 2.24) is 0 Å². The highest BCUT2D eigenvalue weighted by molar-refractivity contribution is 6.69. The maximum absolute atomic E-state index is 8.75. The zero-order valence-electron chi connectivity index (χ0n) is 8.93. The van der Waals surface area contributed by atoms with Crippen LogP contribution in [0.25, 0.3) is 0 Å². The number of hydrogen-bond acceptors (Lipinski definition) is 2. The van der Waals surface area contributed by atoms with E-state index < -0.39 is 8.32 Å². The molecule has 0 fully saturated rings. The van der Waals surface area contributed by atoms with Crippen LogP contribution in [0.4, 0.5) is 0 Å². The molecule has 0 radical (unpaired) electrons. The van der Waals surface area contributed by atoms with Crippen LogP contribution in [0.5, 0.6) is 0 Å². The monoisotopic (exact) mass is 185 g/mol. The molecule has 3 heteroatoms. The summed E-state index contributed by atoms with van der Waals surface area (Å²) in [6.45, 7) is 12.3. The van der Waals surface area contributed by atoms with Gasteiger partial charge in [0.15, 0.2) is 8.32 Å². The molecule has 1 atom stereocenters. The van der Waals surface area contributed by atoms with Crippen LogP contribution < -0.4 is 0 Å². The predicted molar refractivity (Wildman–Crippen MR) is 53.3 cm³/mol. The standard InChI is InChI=1S/C9H19NOSi/c1-8(7-10)9(2,3)11-12(4,5)6/h8H,1-6H3/t8-/m0/s1. The van der Waals surface area contributed by atoms with Crippen LogP contribution in [0.15, 0.2) is 0 Å². The van der Waals surface area contributed by atoms with Gasteiger partial charge in [0.05, 0.1) is 17.6 Å². The van der Waals surface area contributed by atoms with Crippen LogP contribution in [0.2, 0.25) is 19.6 Å². The number of nitrogens with zero attached hydrogens (tertiary/aromatic N) is 1. The molecular formula is C9H19NOSi. The first-order valence-corrected chi connectivity index (χ1v) is 7.69. The lowest BCUT2D eigenvalue weighted by molar-refractivity contribution is 0.0668. The van der Waals surface area contributed by atoms with Gasteiger partial charge in [-0.25, -0.2) is 0 Å². The van der Waals surface area contributed by atoms with Gasteiger partial charge in [-0.1, -0.05) is 0 Å². The maximum Gasteiger partial charge on any atom is 0.184 e. The molecule has 0 saturated carbocycles. The highest BCUT2D eigenvalue weighted by Crippen LogP contribution is 2.24. The van der Waals surface area contributed by atoms with Crippen molar-refractivity contribution in [3.63, 3.8) is 0 Å². The molecule has 0 aromatic carbocycles. The minimum absolute atomic E-state index is 0.0516. The molecule has 0 aliphatic carbocycles. The van der Waals surface area contributed by atoms with Crippen molar-refractivity contribution in [2.45, 2.75) is 46.0 Å². The lowest BCUT2D eigenvalue weighted by Crippen LogP contribution is -2.42. The van der Waals surface area contributed by atoms with Crippen LogP contribution in [0, 0.1) is 17.2 Å². The lowest BCUT2D eigenvalue weighted by Gasteiger charge is -2.34. The fourth-order valence-corrected chi connectivity index (χ4v) is 2.79. The van der Waals surface area contributed by atoms with Gasteiger partial charge in [0.1, 0.15) is 0 Å². The Balaban J connectivity index is 4.35. The summed E-state index contributed by atoms with van der Waals surface area (Å²) in [6.07, 6.45) is 0. The fourth-order valence-electron chi connectivity index (χ4n) is 1.03. The molecule has 0 aromatic rings. The Labute approximate surface area is 76.7 Å². The quantitative estimate of drug-likeness (QED) is 0.633. The number of hydrogen-bond donors (Lipinski definition) is 0.